The van der Waals surface area contributed by atoms with Crippen molar-refractivity contribution in [3.8, 4) is 0 Å². The molecule has 0 bridgehead atoms. The van der Waals surface area contributed by atoms with E-state index in [2.05, 4.69) is 27.8 Å². The Morgan fingerprint density at radius 1 is 0.882 bits per heavy atom. The number of nitrogens with one attached hydrogen (secondary N) is 4. The van der Waals surface area contributed by atoms with Gasteiger partial charge in [0.15, 0.2) is 0 Å². The van der Waals surface area contributed by atoms with Gasteiger partial charge in [-0.05, 0) is 67.6 Å². The summed E-state index contributed by atoms with van der Waals surface area (Å²) in [6.07, 6.45) is 10.1. The Balaban J connectivity index is 1.55. The Morgan fingerprint density at radius 3 is 2.16 bits per heavy atom. The van der Waals surface area contributed by atoms with E-state index in [1.807, 2.05) is 34.6 Å². The van der Waals surface area contributed by atoms with Crippen LogP contribution in [0.25, 0.3) is 0 Å². The Morgan fingerprint density at radius 2 is 1.57 bits per heavy atom. The Labute approximate surface area is 304 Å². The summed E-state index contributed by atoms with van der Waals surface area (Å²) in [5.74, 6) is -2.21. The predicted octanol–water partition coefficient (Wildman–Crippen LogP) is 3.10. The maximum absolute atomic E-state index is 14.7. The van der Waals surface area contributed by atoms with Gasteiger partial charge in [0.25, 0.3) is 5.91 Å². The molecular weight excluding hydrogens is 673 g/mol. The monoisotopic (exact) mass is 734 g/mol. The SMILES string of the molecule is C=CCNC(=O)C(=O)C(CC1CC1)NC(=O)[C@@H]1[C@@H](C(C)C)CCN1C(=O)[C@@H](NC(=O)N[C@H](CN1CCCCS1(=O)=O)C(C)(C)C)C1CCCCC1. The molecule has 5 atom stereocenters. The maximum Gasteiger partial charge on any atom is 0.315 e. The highest BCUT2D eigenvalue weighted by molar-refractivity contribution is 7.89. The number of ketones is 1. The van der Waals surface area contributed by atoms with Gasteiger partial charge in [-0.3, -0.25) is 19.2 Å². The summed E-state index contributed by atoms with van der Waals surface area (Å²) in [6.45, 7) is 14.4. The van der Waals surface area contributed by atoms with Gasteiger partial charge >= 0.3 is 6.03 Å². The molecule has 2 saturated carbocycles. The van der Waals surface area contributed by atoms with Gasteiger partial charge in [-0.25, -0.2) is 13.2 Å². The standard InChI is InChI=1S/C37H62N6O7S/c1-7-18-38-34(46)32(44)28(22-25-15-16-25)39-33(45)31-27(24(2)3)17-20-43(31)35(47)30(26-13-9-8-10-14-26)41-36(48)40-29(37(4,5)6)23-42-19-11-12-21-51(42,49)50/h7,24-31H,1,8-23H2,2-6H3,(H,38,46)(H,39,45)(H2,40,41,48)/t27-,28?,29-,30+,31+/m1/s1. The molecule has 288 valence electrons. The van der Waals surface area contributed by atoms with E-state index in [0.717, 1.165) is 51.4 Å². The van der Waals surface area contributed by atoms with E-state index in [9.17, 15) is 32.4 Å². The minimum Gasteiger partial charge on any atom is -0.346 e. The van der Waals surface area contributed by atoms with Crippen LogP contribution in [0.5, 0.6) is 0 Å². The van der Waals surface area contributed by atoms with Crippen LogP contribution in [-0.4, -0.2) is 103 Å². The highest BCUT2D eigenvalue weighted by Crippen LogP contribution is 2.36. The predicted molar refractivity (Wildman–Crippen MR) is 196 cm³/mol. The zero-order valence-corrected chi connectivity index (χ0v) is 32.2. The third kappa shape index (κ3) is 11.0. The molecule has 2 aliphatic carbocycles. The van der Waals surface area contributed by atoms with Crippen molar-refractivity contribution in [1.82, 2.24) is 30.5 Å². The van der Waals surface area contributed by atoms with Crippen molar-refractivity contribution >= 4 is 39.6 Å². The minimum absolute atomic E-state index is 0.0509. The van der Waals surface area contributed by atoms with Gasteiger partial charge in [-0.1, -0.05) is 72.8 Å². The van der Waals surface area contributed by atoms with E-state index in [0.29, 0.717) is 32.4 Å². The summed E-state index contributed by atoms with van der Waals surface area (Å²) in [6, 6.07) is -3.83. The second kappa shape index (κ2) is 17.7. The fraction of sp³-hybridized carbons (Fsp3) is 0.811. The van der Waals surface area contributed by atoms with E-state index in [4.69, 9.17) is 0 Å². The summed E-state index contributed by atoms with van der Waals surface area (Å²) in [5.41, 5.74) is -0.478. The molecule has 0 aromatic carbocycles. The molecule has 0 radical (unpaired) electrons. The fourth-order valence-corrected chi connectivity index (χ4v) is 9.45. The summed E-state index contributed by atoms with van der Waals surface area (Å²) in [7, 11) is -3.42. The van der Waals surface area contributed by atoms with Crippen molar-refractivity contribution in [3.63, 3.8) is 0 Å². The van der Waals surface area contributed by atoms with Crippen LogP contribution in [-0.2, 0) is 29.2 Å². The van der Waals surface area contributed by atoms with E-state index in [1.165, 1.54) is 10.4 Å². The van der Waals surface area contributed by atoms with Crippen molar-refractivity contribution in [3.05, 3.63) is 12.7 Å². The fourth-order valence-electron chi connectivity index (χ4n) is 7.84. The van der Waals surface area contributed by atoms with Gasteiger partial charge in [-0.2, -0.15) is 4.31 Å². The minimum atomic E-state index is -3.42. The van der Waals surface area contributed by atoms with Crippen molar-refractivity contribution in [2.75, 3.05) is 31.9 Å². The number of rotatable bonds is 15. The lowest BCUT2D eigenvalue weighted by Crippen LogP contribution is -2.61. The van der Waals surface area contributed by atoms with Gasteiger partial charge in [-0.15, -0.1) is 6.58 Å². The number of amides is 5. The third-order valence-electron chi connectivity index (χ3n) is 11.2. The van der Waals surface area contributed by atoms with Crippen molar-refractivity contribution in [2.45, 2.75) is 129 Å². The van der Waals surface area contributed by atoms with Crippen molar-refractivity contribution < 1.29 is 32.4 Å². The van der Waals surface area contributed by atoms with E-state index >= 15 is 0 Å². The van der Waals surface area contributed by atoms with E-state index in [-0.39, 0.29) is 48.4 Å². The van der Waals surface area contributed by atoms with E-state index in [1.54, 1.807) is 4.90 Å². The smallest absolute Gasteiger partial charge is 0.315 e. The molecule has 14 heteroatoms. The van der Waals surface area contributed by atoms with Gasteiger partial charge < -0.3 is 26.2 Å². The molecule has 0 aromatic heterocycles. The lowest BCUT2D eigenvalue weighted by atomic mass is 9.82. The molecule has 2 heterocycles. The normalized spacial score (nSPS) is 24.6. The average Bonchev–Trinajstić information content (AvgIpc) is 3.78. The van der Waals surface area contributed by atoms with Crippen molar-refractivity contribution in [1.29, 1.82) is 0 Å². The van der Waals surface area contributed by atoms with Crippen LogP contribution in [0.4, 0.5) is 4.79 Å². The molecule has 2 aliphatic heterocycles. The second-order valence-electron chi connectivity index (χ2n) is 16.6. The second-order valence-corrected chi connectivity index (χ2v) is 18.7. The number of nitrogens with zero attached hydrogens (tertiary/aromatic N) is 2. The van der Waals surface area contributed by atoms with Crippen LogP contribution < -0.4 is 21.3 Å². The first kappa shape index (κ1) is 40.8. The van der Waals surface area contributed by atoms with Gasteiger partial charge in [0.1, 0.15) is 12.1 Å². The molecule has 4 fully saturated rings. The zero-order valence-electron chi connectivity index (χ0n) is 31.4. The molecule has 0 aromatic rings. The highest BCUT2D eigenvalue weighted by atomic mass is 32.2. The summed E-state index contributed by atoms with van der Waals surface area (Å²) >= 11 is 0. The molecule has 5 amide bonds. The molecule has 0 spiro atoms. The van der Waals surface area contributed by atoms with Crippen LogP contribution in [0, 0.1) is 29.1 Å². The number of carbonyl (C=O) groups is 5. The Kier molecular flexibility index (Phi) is 14.1. The van der Waals surface area contributed by atoms with Crippen LogP contribution in [0.3, 0.4) is 0 Å². The molecule has 2 saturated heterocycles. The van der Waals surface area contributed by atoms with Crippen LogP contribution in [0.2, 0.25) is 0 Å². The zero-order chi connectivity index (χ0) is 37.5. The van der Waals surface area contributed by atoms with Crippen LogP contribution >= 0.6 is 0 Å². The molecule has 1 unspecified atom stereocenters. The largest absolute Gasteiger partial charge is 0.346 e. The lowest BCUT2D eigenvalue weighted by molar-refractivity contribution is -0.144. The van der Waals surface area contributed by atoms with Crippen LogP contribution in [0.1, 0.15) is 105 Å². The number of hydrogen-bond acceptors (Lipinski definition) is 7. The number of hydrogen-bond donors (Lipinski definition) is 4. The lowest BCUT2D eigenvalue weighted by Gasteiger charge is -2.38. The first-order chi connectivity index (χ1) is 24.0. The number of carbonyl (C=O) groups excluding carboxylic acids is 5. The maximum atomic E-state index is 14.7. The van der Waals surface area contributed by atoms with Gasteiger partial charge in [0, 0.05) is 32.2 Å². The number of urea groups is 1. The molecule has 4 aliphatic rings. The van der Waals surface area contributed by atoms with E-state index < -0.39 is 63.2 Å². The third-order valence-corrected chi connectivity index (χ3v) is 13.2. The molecule has 13 nitrogen and oxygen atoms in total. The molecule has 4 rings (SSSR count). The number of likely N-dealkylation sites (tertiary alicyclic amines) is 1. The van der Waals surface area contributed by atoms with Crippen molar-refractivity contribution in [2.24, 2.45) is 29.1 Å². The van der Waals surface area contributed by atoms with Gasteiger partial charge in [0.2, 0.25) is 27.6 Å². The average molecular weight is 735 g/mol. The highest BCUT2D eigenvalue weighted by Gasteiger charge is 2.48. The number of Topliss-reactive ketones (excluding diaryl/α,β-unsaturated/α-hetero) is 1. The summed E-state index contributed by atoms with van der Waals surface area (Å²) in [4.78, 5) is 70.1. The first-order valence-corrected chi connectivity index (χ1v) is 20.7. The van der Waals surface area contributed by atoms with Crippen LogP contribution in [0.15, 0.2) is 12.7 Å². The molecule has 51 heavy (non-hydrogen) atoms. The quantitative estimate of drug-likeness (QED) is 0.148. The van der Waals surface area contributed by atoms with Gasteiger partial charge in [0.05, 0.1) is 11.8 Å². The molecule has 4 N–H and O–H groups in total. The first-order valence-electron chi connectivity index (χ1n) is 19.1. The topological polar surface area (TPSA) is 174 Å². The summed E-state index contributed by atoms with van der Waals surface area (Å²) in [5, 5.41) is 11.4. The Hall–Kier alpha value is -3.00. The number of sulfonamides is 1. The molecular formula is C37H62N6O7S. The summed E-state index contributed by atoms with van der Waals surface area (Å²) < 4.78 is 27.1. The Bertz CT molecular complexity index is 1390.